The molecule has 0 aliphatic carbocycles. The van der Waals surface area contributed by atoms with E-state index in [2.05, 4.69) is 20.3 Å². The molecule has 0 unspecified atom stereocenters. The number of halogens is 1. The van der Waals surface area contributed by atoms with Crippen LogP contribution in [0.4, 0.5) is 10.2 Å². The maximum Gasteiger partial charge on any atom is 0.180 e. The molecule has 0 aliphatic rings. The molecule has 0 bridgehead atoms. The Kier molecular flexibility index (Phi) is 4.70. The van der Waals surface area contributed by atoms with Crippen LogP contribution in [0.5, 0.6) is 0 Å². The molecule has 1 aromatic carbocycles. The zero-order valence-electron chi connectivity index (χ0n) is 14.4. The van der Waals surface area contributed by atoms with Crippen molar-refractivity contribution in [3.63, 3.8) is 0 Å². The first-order chi connectivity index (χ1) is 12.0. The first-order valence-electron chi connectivity index (χ1n) is 8.04. The summed E-state index contributed by atoms with van der Waals surface area (Å²) in [5.74, 6) is 0.440. The van der Waals surface area contributed by atoms with Crippen LogP contribution in [0, 0.1) is 19.7 Å². The van der Waals surface area contributed by atoms with Gasteiger partial charge < -0.3 is 5.32 Å². The lowest BCUT2D eigenvalue weighted by atomic mass is 10.0. The number of carbonyl (C=O) groups excluding carboxylic acids is 1. The molecule has 0 atom stereocenters. The van der Waals surface area contributed by atoms with Gasteiger partial charge in [-0.1, -0.05) is 12.1 Å². The third kappa shape index (κ3) is 3.79. The zero-order chi connectivity index (χ0) is 18.0. The molecule has 2 heterocycles. The fraction of sp³-hybridized carbons (Fsp3) is 0.263. The number of rotatable bonds is 5. The van der Waals surface area contributed by atoms with Gasteiger partial charge >= 0.3 is 0 Å². The maximum absolute atomic E-state index is 13.3. The zero-order valence-corrected chi connectivity index (χ0v) is 14.4. The average molecular weight is 338 g/mol. The monoisotopic (exact) mass is 338 g/mol. The molecule has 0 aliphatic heterocycles. The smallest absolute Gasteiger partial charge is 0.180 e. The van der Waals surface area contributed by atoms with Gasteiger partial charge in [0.05, 0.1) is 6.20 Å². The summed E-state index contributed by atoms with van der Waals surface area (Å²) in [7, 11) is 1.77. The molecule has 0 radical (unpaired) electrons. The number of pyridine rings is 1. The number of aryl methyl sites for hydroxylation is 2. The van der Waals surface area contributed by atoms with Crippen molar-refractivity contribution in [2.45, 2.75) is 26.7 Å². The number of Topliss-reactive ketones (excluding diaryl/α,β-unsaturated/α-hetero) is 1. The van der Waals surface area contributed by atoms with Crippen LogP contribution in [0.2, 0.25) is 0 Å². The maximum atomic E-state index is 13.3. The van der Waals surface area contributed by atoms with Gasteiger partial charge in [0.15, 0.2) is 5.65 Å². The highest BCUT2D eigenvalue weighted by atomic mass is 19.1. The third-order valence-corrected chi connectivity index (χ3v) is 4.10. The van der Waals surface area contributed by atoms with Crippen molar-refractivity contribution in [2.24, 2.45) is 0 Å². The summed E-state index contributed by atoms with van der Waals surface area (Å²) >= 11 is 0. The number of hydrogen-bond acceptors (Lipinski definition) is 5. The minimum Gasteiger partial charge on any atom is -0.372 e. The molecule has 0 saturated carbocycles. The molecule has 0 saturated heterocycles. The Morgan fingerprint density at radius 1 is 1.16 bits per heavy atom. The number of fused-ring (bicyclic) bond motifs is 1. The summed E-state index contributed by atoms with van der Waals surface area (Å²) in [6, 6.07) is 6.62. The Morgan fingerprint density at radius 3 is 2.68 bits per heavy atom. The van der Waals surface area contributed by atoms with Gasteiger partial charge in [-0.25, -0.2) is 19.3 Å². The van der Waals surface area contributed by atoms with E-state index in [0.29, 0.717) is 22.5 Å². The number of aromatic nitrogens is 3. The predicted octanol–water partition coefficient (Wildman–Crippen LogP) is 3.18. The Balaban J connectivity index is 1.80. The predicted molar refractivity (Wildman–Crippen MR) is 95.2 cm³/mol. The molecular formula is C19H19FN4O. The van der Waals surface area contributed by atoms with Gasteiger partial charge in [0.1, 0.15) is 22.9 Å². The van der Waals surface area contributed by atoms with Crippen molar-refractivity contribution in [1.29, 1.82) is 0 Å². The molecule has 3 rings (SSSR count). The van der Waals surface area contributed by atoms with E-state index >= 15 is 0 Å². The Bertz CT molecular complexity index is 956. The van der Waals surface area contributed by atoms with Crippen molar-refractivity contribution >= 4 is 22.8 Å². The van der Waals surface area contributed by atoms with E-state index in [1.807, 2.05) is 13.0 Å². The fourth-order valence-electron chi connectivity index (χ4n) is 2.69. The quantitative estimate of drug-likeness (QED) is 0.774. The van der Waals surface area contributed by atoms with Crippen LogP contribution >= 0.6 is 0 Å². The van der Waals surface area contributed by atoms with Crippen LogP contribution in [0.3, 0.4) is 0 Å². The average Bonchev–Trinajstić information content (AvgIpc) is 2.58. The number of nitrogens with zero attached hydrogens (tertiary/aromatic N) is 3. The number of ketones is 1. The van der Waals surface area contributed by atoms with E-state index in [9.17, 15) is 9.18 Å². The number of nitrogens with one attached hydrogen (secondary N) is 1. The van der Waals surface area contributed by atoms with Gasteiger partial charge in [-0.15, -0.1) is 0 Å². The highest BCUT2D eigenvalue weighted by molar-refractivity contribution is 5.84. The molecular weight excluding hydrogens is 319 g/mol. The Morgan fingerprint density at radius 2 is 1.96 bits per heavy atom. The van der Waals surface area contributed by atoms with E-state index < -0.39 is 0 Å². The molecule has 3 aromatic rings. The molecule has 6 heteroatoms. The van der Waals surface area contributed by atoms with Gasteiger partial charge in [0.25, 0.3) is 0 Å². The molecule has 5 nitrogen and oxygen atoms in total. The molecule has 2 aromatic heterocycles. The van der Waals surface area contributed by atoms with Crippen LogP contribution in [-0.2, 0) is 17.6 Å². The number of benzene rings is 1. The topological polar surface area (TPSA) is 67.8 Å². The van der Waals surface area contributed by atoms with Gasteiger partial charge in [0.2, 0.25) is 0 Å². The number of hydrogen-bond donors (Lipinski definition) is 1. The van der Waals surface area contributed by atoms with Crippen molar-refractivity contribution in [3.05, 3.63) is 58.7 Å². The van der Waals surface area contributed by atoms with Crippen LogP contribution in [-0.4, -0.2) is 27.8 Å². The molecule has 0 amide bonds. The van der Waals surface area contributed by atoms with Gasteiger partial charge in [-0.3, -0.25) is 4.79 Å². The Labute approximate surface area is 145 Å². The normalized spacial score (nSPS) is 10.9. The highest BCUT2D eigenvalue weighted by Crippen LogP contribution is 2.17. The first-order valence-corrected chi connectivity index (χ1v) is 8.04. The lowest BCUT2D eigenvalue weighted by molar-refractivity contribution is -0.117. The summed E-state index contributed by atoms with van der Waals surface area (Å²) in [5.41, 5.74) is 4.17. The molecule has 0 spiro atoms. The van der Waals surface area contributed by atoms with Gasteiger partial charge in [0, 0.05) is 25.6 Å². The highest BCUT2D eigenvalue weighted by Gasteiger charge is 2.12. The summed E-state index contributed by atoms with van der Waals surface area (Å²) in [6.45, 7) is 3.55. The van der Waals surface area contributed by atoms with Crippen LogP contribution < -0.4 is 5.32 Å². The molecule has 1 N–H and O–H groups in total. The largest absolute Gasteiger partial charge is 0.372 e. The Hall–Kier alpha value is -2.89. The van der Waals surface area contributed by atoms with E-state index in [0.717, 1.165) is 16.8 Å². The summed E-state index contributed by atoms with van der Waals surface area (Å²) < 4.78 is 13.3. The van der Waals surface area contributed by atoms with Crippen molar-refractivity contribution in [1.82, 2.24) is 15.0 Å². The van der Waals surface area contributed by atoms with Crippen molar-refractivity contribution in [2.75, 3.05) is 12.4 Å². The van der Waals surface area contributed by atoms with E-state index in [4.69, 9.17) is 0 Å². The van der Waals surface area contributed by atoms with E-state index in [-0.39, 0.29) is 24.4 Å². The lowest BCUT2D eigenvalue weighted by Crippen LogP contribution is -2.09. The number of anilines is 1. The van der Waals surface area contributed by atoms with Crippen molar-refractivity contribution < 1.29 is 9.18 Å². The van der Waals surface area contributed by atoms with E-state index in [1.165, 1.54) is 6.07 Å². The first kappa shape index (κ1) is 17.0. The van der Waals surface area contributed by atoms with Crippen LogP contribution in [0.15, 0.2) is 30.5 Å². The fourth-order valence-corrected chi connectivity index (χ4v) is 2.69. The summed E-state index contributed by atoms with van der Waals surface area (Å²) in [4.78, 5) is 25.5. The number of carbonyl (C=O) groups is 1. The van der Waals surface area contributed by atoms with Gasteiger partial charge in [-0.05, 0) is 42.7 Å². The SMILES string of the molecule is CNc1cnc2cc(CC(=O)Cc3ccc(F)c(C)c3)c(C)nc2n1. The van der Waals surface area contributed by atoms with Crippen LogP contribution in [0.1, 0.15) is 22.4 Å². The summed E-state index contributed by atoms with van der Waals surface area (Å²) in [6.07, 6.45) is 2.16. The molecule has 0 fully saturated rings. The molecule has 128 valence electrons. The molecule has 25 heavy (non-hydrogen) atoms. The lowest BCUT2D eigenvalue weighted by Gasteiger charge is -2.08. The second kappa shape index (κ2) is 6.93. The van der Waals surface area contributed by atoms with E-state index in [1.54, 1.807) is 32.3 Å². The minimum absolute atomic E-state index is 0.0510. The second-order valence-corrected chi connectivity index (χ2v) is 6.06. The summed E-state index contributed by atoms with van der Waals surface area (Å²) in [5, 5.41) is 2.93. The minimum atomic E-state index is -0.259. The van der Waals surface area contributed by atoms with Crippen LogP contribution in [0.25, 0.3) is 11.2 Å². The van der Waals surface area contributed by atoms with Crippen molar-refractivity contribution in [3.8, 4) is 0 Å². The standard InChI is InChI=1S/C19H19FN4O/c1-11-6-13(4-5-16(11)20)7-15(25)8-14-9-17-19(23-12(14)2)24-18(21-3)10-22-17/h4-6,9-10H,7-8H2,1-3H3,(H,21,23,24). The third-order valence-electron chi connectivity index (χ3n) is 4.10. The second-order valence-electron chi connectivity index (χ2n) is 6.06. The van der Waals surface area contributed by atoms with Gasteiger partial charge in [-0.2, -0.15) is 0 Å².